The first kappa shape index (κ1) is 32.8. The van der Waals surface area contributed by atoms with E-state index in [1.165, 1.54) is 55.6 Å². The van der Waals surface area contributed by atoms with Gasteiger partial charge in [0.1, 0.15) is 11.2 Å². The van der Waals surface area contributed by atoms with Gasteiger partial charge in [0.25, 0.3) is 0 Å². The standard InChI is InChI=1S/C54H41NO/c1-53(2)47-16-10-8-14-41(47)43-28-24-39(32-49(43)53)55(38-22-18-35(19-23-38)37-21-27-46-45-15-9-11-17-51(45)56-52(46)31-37)40-25-29-44-42-26-20-36(34-12-6-5-7-13-34)30-48(42)54(3,4)50(44)33-40/h5-33H,1-4H3. The first-order valence-corrected chi connectivity index (χ1v) is 19.7. The minimum absolute atomic E-state index is 0.106. The van der Waals surface area contributed by atoms with Gasteiger partial charge in [0.15, 0.2) is 0 Å². The minimum Gasteiger partial charge on any atom is -0.456 e. The molecule has 9 aromatic rings. The van der Waals surface area contributed by atoms with Crippen molar-refractivity contribution in [3.05, 3.63) is 198 Å². The summed E-state index contributed by atoms with van der Waals surface area (Å²) in [6, 6.07) is 64.6. The van der Waals surface area contributed by atoms with Gasteiger partial charge in [-0.05, 0) is 127 Å². The quantitative estimate of drug-likeness (QED) is 0.176. The van der Waals surface area contributed by atoms with Gasteiger partial charge in [-0.1, -0.05) is 143 Å². The van der Waals surface area contributed by atoms with E-state index < -0.39 is 0 Å². The molecular weight excluding hydrogens is 679 g/mol. The summed E-state index contributed by atoms with van der Waals surface area (Å²) >= 11 is 0. The minimum atomic E-state index is -0.169. The van der Waals surface area contributed by atoms with Crippen molar-refractivity contribution in [2.45, 2.75) is 38.5 Å². The summed E-state index contributed by atoms with van der Waals surface area (Å²) in [7, 11) is 0. The third kappa shape index (κ3) is 4.82. The van der Waals surface area contributed by atoms with E-state index in [0.29, 0.717) is 0 Å². The summed E-state index contributed by atoms with van der Waals surface area (Å²) in [5.41, 5.74) is 20.5. The van der Waals surface area contributed by atoms with Crippen LogP contribution in [0.2, 0.25) is 0 Å². The van der Waals surface area contributed by atoms with Crippen molar-refractivity contribution in [1.82, 2.24) is 0 Å². The Hall–Kier alpha value is -6.64. The molecule has 0 N–H and O–H groups in total. The molecule has 8 aromatic carbocycles. The summed E-state index contributed by atoms with van der Waals surface area (Å²) in [6.07, 6.45) is 0. The molecule has 0 unspecified atom stereocenters. The number of fused-ring (bicyclic) bond motifs is 9. The van der Waals surface area contributed by atoms with Crippen LogP contribution in [0.4, 0.5) is 17.1 Å². The van der Waals surface area contributed by atoms with Crippen molar-refractivity contribution in [2.24, 2.45) is 0 Å². The molecule has 0 amide bonds. The van der Waals surface area contributed by atoms with Crippen LogP contribution < -0.4 is 4.90 Å². The number of hydrogen-bond acceptors (Lipinski definition) is 2. The Kier molecular flexibility index (Phi) is 6.98. The molecule has 268 valence electrons. The highest BCUT2D eigenvalue weighted by molar-refractivity contribution is 6.06. The lowest BCUT2D eigenvalue weighted by atomic mass is 9.81. The van der Waals surface area contributed by atoms with Crippen molar-refractivity contribution in [2.75, 3.05) is 4.90 Å². The van der Waals surface area contributed by atoms with Crippen LogP contribution in [0.1, 0.15) is 49.9 Å². The van der Waals surface area contributed by atoms with Gasteiger partial charge in [0.05, 0.1) is 0 Å². The molecule has 11 rings (SSSR count). The molecule has 1 heterocycles. The maximum absolute atomic E-state index is 6.27. The molecule has 56 heavy (non-hydrogen) atoms. The zero-order valence-corrected chi connectivity index (χ0v) is 32.1. The molecule has 0 saturated carbocycles. The topological polar surface area (TPSA) is 16.4 Å². The number of rotatable bonds is 5. The summed E-state index contributed by atoms with van der Waals surface area (Å²) in [5.74, 6) is 0. The number of furan rings is 1. The highest BCUT2D eigenvalue weighted by atomic mass is 16.3. The first-order valence-electron chi connectivity index (χ1n) is 19.7. The largest absolute Gasteiger partial charge is 0.456 e. The highest BCUT2D eigenvalue weighted by Gasteiger charge is 2.38. The second kappa shape index (κ2) is 11.9. The van der Waals surface area contributed by atoms with E-state index >= 15 is 0 Å². The van der Waals surface area contributed by atoms with Gasteiger partial charge in [0, 0.05) is 38.7 Å². The van der Waals surface area contributed by atoms with E-state index in [4.69, 9.17) is 4.42 Å². The van der Waals surface area contributed by atoms with Crippen LogP contribution >= 0.6 is 0 Å². The van der Waals surface area contributed by atoms with Crippen LogP contribution in [0, 0.1) is 0 Å². The summed E-state index contributed by atoms with van der Waals surface area (Å²) in [5, 5.41) is 2.30. The fourth-order valence-electron chi connectivity index (χ4n) is 9.66. The molecule has 2 aliphatic rings. The van der Waals surface area contributed by atoms with Gasteiger partial charge in [-0.2, -0.15) is 0 Å². The Balaban J connectivity index is 1.03. The van der Waals surface area contributed by atoms with E-state index in [9.17, 15) is 0 Å². The van der Waals surface area contributed by atoms with Gasteiger partial charge in [-0.3, -0.25) is 0 Å². The van der Waals surface area contributed by atoms with Gasteiger partial charge in [-0.25, -0.2) is 0 Å². The molecule has 0 fully saturated rings. The van der Waals surface area contributed by atoms with Crippen LogP contribution in [0.25, 0.3) is 66.4 Å². The first-order chi connectivity index (χ1) is 27.3. The third-order valence-electron chi connectivity index (χ3n) is 12.7. The van der Waals surface area contributed by atoms with E-state index in [1.54, 1.807) is 0 Å². The van der Waals surface area contributed by atoms with Gasteiger partial charge in [-0.15, -0.1) is 0 Å². The predicted molar refractivity (Wildman–Crippen MR) is 234 cm³/mol. The number of nitrogens with zero attached hydrogens (tertiary/aromatic N) is 1. The molecule has 2 heteroatoms. The maximum atomic E-state index is 6.27. The van der Waals surface area contributed by atoms with Crippen molar-refractivity contribution < 1.29 is 4.42 Å². The molecule has 1 aromatic heterocycles. The average molecular weight is 720 g/mol. The average Bonchev–Trinajstić information content (AvgIpc) is 3.80. The van der Waals surface area contributed by atoms with Crippen LogP contribution in [-0.4, -0.2) is 0 Å². The molecule has 0 bridgehead atoms. The van der Waals surface area contributed by atoms with Crippen LogP contribution in [0.3, 0.4) is 0 Å². The van der Waals surface area contributed by atoms with Crippen molar-refractivity contribution in [3.63, 3.8) is 0 Å². The lowest BCUT2D eigenvalue weighted by Gasteiger charge is -2.30. The highest BCUT2D eigenvalue weighted by Crippen LogP contribution is 2.53. The predicted octanol–water partition coefficient (Wildman–Crippen LogP) is 15.0. The van der Waals surface area contributed by atoms with Gasteiger partial charge >= 0.3 is 0 Å². The Bertz CT molecular complexity index is 3020. The molecule has 2 aliphatic carbocycles. The number of para-hydroxylation sites is 1. The van der Waals surface area contributed by atoms with E-state index in [0.717, 1.165) is 50.1 Å². The number of benzene rings is 8. The van der Waals surface area contributed by atoms with Crippen molar-refractivity contribution in [1.29, 1.82) is 0 Å². The SMILES string of the molecule is CC1(C)c2ccccc2-c2ccc(N(c3ccc(-c4ccc5c(c4)oc4ccccc45)cc3)c3ccc4c(c3)C(C)(C)c3cc(-c5ccccc5)ccc3-4)cc21. The normalized spacial score (nSPS) is 14.4. The molecule has 0 saturated heterocycles. The third-order valence-corrected chi connectivity index (χ3v) is 12.7. The smallest absolute Gasteiger partial charge is 0.136 e. The van der Waals surface area contributed by atoms with Crippen molar-refractivity contribution >= 4 is 39.0 Å². The maximum Gasteiger partial charge on any atom is 0.136 e. The molecule has 0 atom stereocenters. The fourth-order valence-corrected chi connectivity index (χ4v) is 9.66. The van der Waals surface area contributed by atoms with Crippen LogP contribution in [0.5, 0.6) is 0 Å². The zero-order chi connectivity index (χ0) is 37.8. The fraction of sp³-hybridized carbons (Fsp3) is 0.111. The van der Waals surface area contributed by atoms with Crippen LogP contribution in [0.15, 0.2) is 180 Å². The van der Waals surface area contributed by atoms with Gasteiger partial charge in [0.2, 0.25) is 0 Å². The van der Waals surface area contributed by atoms with Crippen LogP contribution in [-0.2, 0) is 10.8 Å². The monoisotopic (exact) mass is 719 g/mol. The lowest BCUT2D eigenvalue weighted by molar-refractivity contribution is 0.660. The molecule has 2 nitrogen and oxygen atoms in total. The Morgan fingerprint density at radius 1 is 0.339 bits per heavy atom. The lowest BCUT2D eigenvalue weighted by Crippen LogP contribution is -2.18. The summed E-state index contributed by atoms with van der Waals surface area (Å²) in [4.78, 5) is 2.44. The number of hydrogen-bond donors (Lipinski definition) is 0. The Morgan fingerprint density at radius 3 is 1.55 bits per heavy atom. The zero-order valence-electron chi connectivity index (χ0n) is 32.1. The van der Waals surface area contributed by atoms with E-state index in [1.807, 2.05) is 12.1 Å². The molecule has 0 radical (unpaired) electrons. The molecular formula is C54H41NO. The Labute approximate surface area is 328 Å². The van der Waals surface area contributed by atoms with E-state index in [2.05, 4.69) is 196 Å². The number of anilines is 3. The van der Waals surface area contributed by atoms with Gasteiger partial charge < -0.3 is 9.32 Å². The molecule has 0 spiro atoms. The Morgan fingerprint density at radius 2 is 0.821 bits per heavy atom. The molecule has 0 aliphatic heterocycles. The summed E-state index contributed by atoms with van der Waals surface area (Å²) in [6.45, 7) is 9.48. The second-order valence-corrected chi connectivity index (χ2v) is 16.6. The second-order valence-electron chi connectivity index (χ2n) is 16.6. The summed E-state index contributed by atoms with van der Waals surface area (Å²) < 4.78 is 6.27. The van der Waals surface area contributed by atoms with Crippen molar-refractivity contribution in [3.8, 4) is 44.5 Å². The van der Waals surface area contributed by atoms with E-state index in [-0.39, 0.29) is 10.8 Å².